The van der Waals surface area contributed by atoms with Gasteiger partial charge in [0.05, 0.1) is 30.0 Å². The van der Waals surface area contributed by atoms with Crippen molar-refractivity contribution in [3.05, 3.63) is 103 Å². The number of methoxy groups -OCH3 is 2. The molecule has 1 aliphatic heterocycles. The molecule has 0 fully saturated rings. The number of allylic oxidation sites excluding steroid dienone is 1. The number of benzene rings is 3. The van der Waals surface area contributed by atoms with Crippen molar-refractivity contribution in [1.82, 2.24) is 14.0 Å². The summed E-state index contributed by atoms with van der Waals surface area (Å²) in [4.78, 5) is 35.4. The van der Waals surface area contributed by atoms with E-state index in [0.717, 1.165) is 23.0 Å². The van der Waals surface area contributed by atoms with Crippen LogP contribution in [-0.4, -0.2) is 47.3 Å². The lowest BCUT2D eigenvalue weighted by Crippen LogP contribution is -2.43. The Morgan fingerprint density at radius 3 is 2.43 bits per heavy atom. The average Bonchev–Trinajstić information content (AvgIpc) is 3.53. The van der Waals surface area contributed by atoms with Crippen LogP contribution in [0.15, 0.2) is 81.7 Å². The maximum atomic E-state index is 14.3. The first-order valence-electron chi connectivity index (χ1n) is 14.9. The summed E-state index contributed by atoms with van der Waals surface area (Å²) in [7, 11) is 3.18. The summed E-state index contributed by atoms with van der Waals surface area (Å²) in [5.74, 6) is 1.01. The number of rotatable bonds is 8. The van der Waals surface area contributed by atoms with Crippen LogP contribution in [0.3, 0.4) is 0 Å². The summed E-state index contributed by atoms with van der Waals surface area (Å²) >= 11 is 1.33. The molecule has 8 nitrogen and oxygen atoms in total. The third kappa shape index (κ3) is 4.72. The van der Waals surface area contributed by atoms with Gasteiger partial charge in [-0.1, -0.05) is 35.6 Å². The van der Waals surface area contributed by atoms with E-state index in [1.54, 1.807) is 35.8 Å². The maximum Gasteiger partial charge on any atom is 0.271 e. The van der Waals surface area contributed by atoms with Gasteiger partial charge < -0.3 is 18.9 Å². The molecule has 0 radical (unpaired) electrons. The van der Waals surface area contributed by atoms with Crippen molar-refractivity contribution in [1.29, 1.82) is 0 Å². The molecule has 0 saturated carbocycles. The van der Waals surface area contributed by atoms with Crippen LogP contribution in [0.2, 0.25) is 0 Å². The number of amides is 1. The number of hydrogen-bond donors (Lipinski definition) is 0. The molecule has 0 unspecified atom stereocenters. The van der Waals surface area contributed by atoms with Crippen molar-refractivity contribution in [2.45, 2.75) is 40.3 Å². The van der Waals surface area contributed by atoms with Crippen LogP contribution in [0.4, 0.5) is 0 Å². The minimum Gasteiger partial charge on any atom is -0.497 e. The second-order valence-corrected chi connectivity index (χ2v) is 11.7. The van der Waals surface area contributed by atoms with Crippen molar-refractivity contribution in [3.8, 4) is 11.5 Å². The molecule has 0 bridgehead atoms. The van der Waals surface area contributed by atoms with Crippen molar-refractivity contribution in [2.75, 3.05) is 27.3 Å². The van der Waals surface area contributed by atoms with E-state index in [0.29, 0.717) is 50.8 Å². The van der Waals surface area contributed by atoms with Gasteiger partial charge >= 0.3 is 0 Å². The highest BCUT2D eigenvalue weighted by Gasteiger charge is 2.36. The average molecular weight is 609 g/mol. The highest BCUT2D eigenvalue weighted by molar-refractivity contribution is 7.07. The molecule has 2 aromatic heterocycles. The minimum atomic E-state index is -0.739. The second kappa shape index (κ2) is 11.8. The van der Waals surface area contributed by atoms with E-state index in [4.69, 9.17) is 14.5 Å². The molecule has 3 aromatic carbocycles. The lowest BCUT2D eigenvalue weighted by atomic mass is 9.93. The molecule has 1 amide bonds. The van der Waals surface area contributed by atoms with E-state index in [1.807, 2.05) is 32.9 Å². The van der Waals surface area contributed by atoms with Gasteiger partial charge in [-0.2, -0.15) is 0 Å². The normalized spacial score (nSPS) is 15.0. The first kappa shape index (κ1) is 29.4. The number of aryl methyl sites for hydroxylation is 1. The van der Waals surface area contributed by atoms with Gasteiger partial charge in [-0.05, 0) is 75.7 Å². The number of carbonyl (C=O) groups excluding carboxylic acids is 1. The molecule has 3 heterocycles. The fraction of sp³-hybridized carbons (Fsp3) is 0.286. The Kier molecular flexibility index (Phi) is 7.90. The number of fused-ring (bicyclic) bond motifs is 4. The van der Waals surface area contributed by atoms with Gasteiger partial charge in [0.1, 0.15) is 17.5 Å². The fourth-order valence-electron chi connectivity index (χ4n) is 6.28. The molecular formula is C35H36N4O4S. The molecule has 44 heavy (non-hydrogen) atoms. The summed E-state index contributed by atoms with van der Waals surface area (Å²) in [6.45, 7) is 9.82. The highest BCUT2D eigenvalue weighted by Crippen LogP contribution is 2.38. The number of ether oxygens (including phenoxy) is 2. The Balaban J connectivity index is 1.58. The Bertz CT molecular complexity index is 2130. The number of para-hydroxylation sites is 1. The molecule has 0 N–H and O–H groups in total. The van der Waals surface area contributed by atoms with Gasteiger partial charge in [-0.15, -0.1) is 0 Å². The monoisotopic (exact) mass is 608 g/mol. The van der Waals surface area contributed by atoms with Crippen molar-refractivity contribution < 1.29 is 14.3 Å². The van der Waals surface area contributed by atoms with E-state index in [9.17, 15) is 9.59 Å². The number of likely N-dealkylation sites (N-methyl/N-ethyl adjacent to an activating group) is 1. The van der Waals surface area contributed by atoms with Crippen LogP contribution in [0.1, 0.15) is 44.9 Å². The van der Waals surface area contributed by atoms with Gasteiger partial charge in [0.15, 0.2) is 4.80 Å². The third-order valence-corrected chi connectivity index (χ3v) is 9.43. The smallest absolute Gasteiger partial charge is 0.271 e. The zero-order chi connectivity index (χ0) is 31.1. The lowest BCUT2D eigenvalue weighted by Gasteiger charge is -2.30. The molecular weight excluding hydrogens is 572 g/mol. The maximum absolute atomic E-state index is 14.3. The summed E-state index contributed by atoms with van der Waals surface area (Å²) in [6.07, 6.45) is 1.92. The van der Waals surface area contributed by atoms with Gasteiger partial charge in [0.25, 0.3) is 11.5 Å². The fourth-order valence-corrected chi connectivity index (χ4v) is 7.32. The van der Waals surface area contributed by atoms with Crippen molar-refractivity contribution in [2.24, 2.45) is 4.99 Å². The van der Waals surface area contributed by atoms with Crippen LogP contribution in [0, 0.1) is 0 Å². The van der Waals surface area contributed by atoms with E-state index < -0.39 is 6.04 Å². The van der Waals surface area contributed by atoms with Gasteiger partial charge in [0, 0.05) is 47.0 Å². The second-order valence-electron chi connectivity index (χ2n) is 10.7. The van der Waals surface area contributed by atoms with Crippen LogP contribution in [0.25, 0.3) is 27.9 Å². The first-order chi connectivity index (χ1) is 21.3. The third-order valence-electron chi connectivity index (χ3n) is 8.44. The van der Waals surface area contributed by atoms with Gasteiger partial charge in [-0.3, -0.25) is 14.2 Å². The molecule has 0 aliphatic carbocycles. The predicted octanol–water partition coefficient (Wildman–Crippen LogP) is 5.25. The first-order valence-corrected chi connectivity index (χ1v) is 15.7. The van der Waals surface area contributed by atoms with E-state index in [1.165, 1.54) is 22.2 Å². The van der Waals surface area contributed by atoms with Crippen LogP contribution in [-0.2, 0) is 11.3 Å². The number of aromatic nitrogens is 2. The number of nitrogens with zero attached hydrogens (tertiary/aromatic N) is 4. The van der Waals surface area contributed by atoms with E-state index >= 15 is 0 Å². The topological polar surface area (TPSA) is 78.1 Å². The quantitative estimate of drug-likeness (QED) is 0.241. The summed E-state index contributed by atoms with van der Waals surface area (Å²) in [6, 6.07) is 19.4. The Morgan fingerprint density at radius 1 is 0.977 bits per heavy atom. The lowest BCUT2D eigenvalue weighted by molar-refractivity contribution is -0.127. The summed E-state index contributed by atoms with van der Waals surface area (Å²) in [5.41, 5.74) is 4.76. The predicted molar refractivity (Wildman–Crippen MR) is 176 cm³/mol. The largest absolute Gasteiger partial charge is 0.497 e. The van der Waals surface area contributed by atoms with Crippen LogP contribution >= 0.6 is 11.3 Å². The van der Waals surface area contributed by atoms with Crippen LogP contribution in [0.5, 0.6) is 11.5 Å². The molecule has 9 heteroatoms. The Hall–Kier alpha value is -4.63. The molecule has 226 valence electrons. The Morgan fingerprint density at radius 2 is 1.73 bits per heavy atom. The van der Waals surface area contributed by atoms with Gasteiger partial charge in [0.2, 0.25) is 0 Å². The minimum absolute atomic E-state index is 0.154. The molecule has 1 atom stereocenters. The summed E-state index contributed by atoms with van der Waals surface area (Å²) in [5, 5.41) is 2.33. The summed E-state index contributed by atoms with van der Waals surface area (Å²) < 4.78 is 15.8. The number of hydrogen-bond acceptors (Lipinski definition) is 6. The van der Waals surface area contributed by atoms with Crippen molar-refractivity contribution in [3.63, 3.8) is 0 Å². The zero-order valence-electron chi connectivity index (χ0n) is 25.9. The van der Waals surface area contributed by atoms with Crippen molar-refractivity contribution >= 4 is 45.1 Å². The Labute approximate surface area is 259 Å². The van der Waals surface area contributed by atoms with Gasteiger partial charge in [-0.25, -0.2) is 4.99 Å². The standard InChI is InChI=1S/C35H36N4O4S/c1-7-37(8-2)34(41)31-21(4)36-35-39(32(31)26-20-23(42-5)15-17-29(26)43-6)33(40)30(44-35)19-22-14-16-28-25(18-22)24-12-10-11-13-27(24)38(28)9-3/h10-20,32H,7-9H2,1-6H3/b30-19+/t32-/m0/s1. The van der Waals surface area contributed by atoms with E-state index in [2.05, 4.69) is 54.0 Å². The zero-order valence-corrected chi connectivity index (χ0v) is 26.7. The van der Waals surface area contributed by atoms with Crippen LogP contribution < -0.4 is 24.4 Å². The molecule has 1 aliphatic rings. The highest BCUT2D eigenvalue weighted by atomic mass is 32.1. The number of thiazole rings is 1. The molecule has 5 aromatic rings. The van der Waals surface area contributed by atoms with E-state index in [-0.39, 0.29) is 11.5 Å². The molecule has 0 spiro atoms. The SMILES string of the molecule is CCN(CC)C(=O)C1=C(C)N=c2s/c(=C/c3ccc4c(c3)c3ccccc3n4CC)c(=O)n2[C@H]1c1cc(OC)ccc1OC. The molecule has 6 rings (SSSR count). The number of carbonyl (C=O) groups is 1. The molecule has 0 saturated heterocycles.